The first-order valence-electron chi connectivity index (χ1n) is 8.64. The quantitative estimate of drug-likeness (QED) is 0.830. The van der Waals surface area contributed by atoms with E-state index >= 15 is 0 Å². The van der Waals surface area contributed by atoms with E-state index in [9.17, 15) is 0 Å². The number of thiazole rings is 1. The molecule has 1 aliphatic heterocycles. The van der Waals surface area contributed by atoms with Crippen LogP contribution in [0, 0.1) is 6.92 Å². The molecule has 0 spiro atoms. The van der Waals surface area contributed by atoms with Crippen LogP contribution >= 0.6 is 11.3 Å². The normalized spacial score (nSPS) is 19.3. The highest BCUT2D eigenvalue weighted by Gasteiger charge is 2.25. The van der Waals surface area contributed by atoms with Crippen LogP contribution in [-0.4, -0.2) is 52.1 Å². The zero-order valence-corrected chi connectivity index (χ0v) is 14.8. The largest absolute Gasteiger partial charge is 0.472 e. The molecule has 2 aliphatic rings. The molecule has 0 amide bonds. The highest BCUT2D eigenvalue weighted by molar-refractivity contribution is 7.09. The van der Waals surface area contributed by atoms with Crippen LogP contribution in [0.1, 0.15) is 30.0 Å². The van der Waals surface area contributed by atoms with Crippen molar-refractivity contribution in [1.82, 2.24) is 19.9 Å². The first-order chi connectivity index (χ1) is 11.8. The minimum atomic E-state index is 0.328. The van der Waals surface area contributed by atoms with Crippen LogP contribution in [0.4, 0.5) is 5.82 Å². The Hall–Kier alpha value is -1.73. The van der Waals surface area contributed by atoms with Crippen molar-refractivity contribution < 1.29 is 4.74 Å². The highest BCUT2D eigenvalue weighted by Crippen LogP contribution is 2.30. The summed E-state index contributed by atoms with van der Waals surface area (Å²) in [5.41, 5.74) is 1.18. The average molecular weight is 345 g/mol. The zero-order chi connectivity index (χ0) is 16.4. The number of aryl methyl sites for hydroxylation is 1. The molecule has 0 bridgehead atoms. The smallest absolute Gasteiger partial charge is 0.257 e. The summed E-state index contributed by atoms with van der Waals surface area (Å²) in [6.07, 6.45) is 7.34. The van der Waals surface area contributed by atoms with E-state index in [1.165, 1.54) is 12.1 Å². The minimum absolute atomic E-state index is 0.328. The Morgan fingerprint density at radius 2 is 1.96 bits per heavy atom. The van der Waals surface area contributed by atoms with Gasteiger partial charge in [0.1, 0.15) is 6.10 Å². The molecule has 6 nitrogen and oxygen atoms in total. The van der Waals surface area contributed by atoms with E-state index in [1.807, 2.05) is 0 Å². The van der Waals surface area contributed by atoms with Crippen molar-refractivity contribution in [3.8, 4) is 5.88 Å². The summed E-state index contributed by atoms with van der Waals surface area (Å²) in [6.45, 7) is 6.91. The second kappa shape index (κ2) is 7.03. The molecule has 2 aromatic heterocycles. The van der Waals surface area contributed by atoms with Crippen molar-refractivity contribution in [1.29, 1.82) is 0 Å². The summed E-state index contributed by atoms with van der Waals surface area (Å²) in [7, 11) is 0. The molecule has 0 atom stereocenters. The Bertz CT molecular complexity index is 679. The number of piperazine rings is 1. The molecule has 128 valence electrons. The molecule has 4 rings (SSSR count). The van der Waals surface area contributed by atoms with Crippen molar-refractivity contribution in [3.05, 3.63) is 28.5 Å². The molecule has 1 aliphatic carbocycles. The number of hydrogen-bond donors (Lipinski definition) is 0. The SMILES string of the molecule is Cc1nc(CN2CCN(c3nccnc3OC3CCC3)CC2)cs1. The molecule has 1 saturated heterocycles. The molecule has 0 aromatic carbocycles. The molecular formula is C17H23N5OS. The van der Waals surface area contributed by atoms with Gasteiger partial charge in [0, 0.05) is 50.5 Å². The van der Waals surface area contributed by atoms with Crippen molar-refractivity contribution in [2.75, 3.05) is 31.1 Å². The minimum Gasteiger partial charge on any atom is -0.472 e. The Morgan fingerprint density at radius 1 is 1.17 bits per heavy atom. The van der Waals surface area contributed by atoms with Crippen LogP contribution in [-0.2, 0) is 6.54 Å². The van der Waals surface area contributed by atoms with Gasteiger partial charge in [-0.2, -0.15) is 0 Å². The maximum absolute atomic E-state index is 6.02. The lowest BCUT2D eigenvalue weighted by Crippen LogP contribution is -2.46. The number of anilines is 1. The maximum Gasteiger partial charge on any atom is 0.257 e. The summed E-state index contributed by atoms with van der Waals surface area (Å²) < 4.78 is 6.02. The Labute approximate surface area is 146 Å². The van der Waals surface area contributed by atoms with Gasteiger partial charge < -0.3 is 9.64 Å². The third-order valence-corrected chi connectivity index (χ3v) is 5.52. The molecule has 24 heavy (non-hydrogen) atoms. The van der Waals surface area contributed by atoms with Crippen molar-refractivity contribution in [2.45, 2.75) is 38.8 Å². The van der Waals surface area contributed by atoms with Crippen LogP contribution in [0.2, 0.25) is 0 Å². The van der Waals surface area contributed by atoms with Gasteiger partial charge in [0.15, 0.2) is 5.82 Å². The summed E-state index contributed by atoms with van der Waals surface area (Å²) in [6, 6.07) is 0. The topological polar surface area (TPSA) is 54.4 Å². The molecule has 0 N–H and O–H groups in total. The van der Waals surface area contributed by atoms with Crippen LogP contribution in [0.25, 0.3) is 0 Å². The van der Waals surface area contributed by atoms with Crippen molar-refractivity contribution in [3.63, 3.8) is 0 Å². The molecular weight excluding hydrogens is 322 g/mol. The van der Waals surface area contributed by atoms with Gasteiger partial charge in [-0.3, -0.25) is 4.90 Å². The van der Waals surface area contributed by atoms with E-state index < -0.39 is 0 Å². The first kappa shape index (κ1) is 15.8. The third-order valence-electron chi connectivity index (χ3n) is 4.70. The van der Waals surface area contributed by atoms with Gasteiger partial charge in [0.2, 0.25) is 0 Å². The summed E-state index contributed by atoms with van der Waals surface area (Å²) in [5.74, 6) is 1.60. The van der Waals surface area contributed by atoms with Crippen LogP contribution in [0.3, 0.4) is 0 Å². The van der Waals surface area contributed by atoms with Gasteiger partial charge in [-0.15, -0.1) is 11.3 Å². The summed E-state index contributed by atoms with van der Waals surface area (Å²) in [4.78, 5) is 18.3. The van der Waals surface area contributed by atoms with Crippen LogP contribution < -0.4 is 9.64 Å². The highest BCUT2D eigenvalue weighted by atomic mass is 32.1. The van der Waals surface area contributed by atoms with E-state index in [0.717, 1.165) is 56.4 Å². The van der Waals surface area contributed by atoms with E-state index in [-0.39, 0.29) is 0 Å². The van der Waals surface area contributed by atoms with Gasteiger partial charge in [0.25, 0.3) is 5.88 Å². The molecule has 0 unspecified atom stereocenters. The molecule has 3 heterocycles. The number of hydrogen-bond acceptors (Lipinski definition) is 7. The van der Waals surface area contributed by atoms with Gasteiger partial charge in [0.05, 0.1) is 10.7 Å². The lowest BCUT2D eigenvalue weighted by atomic mass is 9.96. The predicted octanol–water partition coefficient (Wildman–Crippen LogP) is 2.50. The summed E-state index contributed by atoms with van der Waals surface area (Å²) in [5, 5.41) is 3.30. The average Bonchev–Trinajstić information content (AvgIpc) is 2.97. The maximum atomic E-state index is 6.02. The van der Waals surface area contributed by atoms with Crippen LogP contribution in [0.5, 0.6) is 5.88 Å². The van der Waals surface area contributed by atoms with E-state index in [0.29, 0.717) is 12.0 Å². The molecule has 2 fully saturated rings. The van der Waals surface area contributed by atoms with E-state index in [4.69, 9.17) is 4.74 Å². The second-order valence-corrected chi connectivity index (χ2v) is 7.54. The van der Waals surface area contributed by atoms with E-state index in [2.05, 4.69) is 37.1 Å². The van der Waals surface area contributed by atoms with Crippen molar-refractivity contribution in [2.24, 2.45) is 0 Å². The number of nitrogens with zero attached hydrogens (tertiary/aromatic N) is 5. The zero-order valence-electron chi connectivity index (χ0n) is 14.0. The standard InChI is InChI=1S/C17H23N5OS/c1-13-20-14(12-24-13)11-21-7-9-22(10-8-21)16-17(19-6-5-18-16)23-15-3-2-4-15/h5-6,12,15H,2-4,7-11H2,1H3. The fourth-order valence-electron chi connectivity index (χ4n) is 3.09. The van der Waals surface area contributed by atoms with E-state index in [1.54, 1.807) is 23.7 Å². The Kier molecular flexibility index (Phi) is 4.62. The second-order valence-electron chi connectivity index (χ2n) is 6.48. The molecule has 0 radical (unpaired) electrons. The molecule has 1 saturated carbocycles. The summed E-state index contributed by atoms with van der Waals surface area (Å²) >= 11 is 1.72. The fourth-order valence-corrected chi connectivity index (χ4v) is 3.70. The first-order valence-corrected chi connectivity index (χ1v) is 9.52. The number of rotatable bonds is 5. The Morgan fingerprint density at radius 3 is 2.62 bits per heavy atom. The third kappa shape index (κ3) is 3.52. The number of ether oxygens (including phenoxy) is 1. The van der Waals surface area contributed by atoms with Crippen LogP contribution in [0.15, 0.2) is 17.8 Å². The predicted molar refractivity (Wildman–Crippen MR) is 94.6 cm³/mol. The Balaban J connectivity index is 1.37. The lowest BCUT2D eigenvalue weighted by molar-refractivity contribution is 0.114. The van der Waals surface area contributed by atoms with Crippen molar-refractivity contribution >= 4 is 17.2 Å². The van der Waals surface area contributed by atoms with Gasteiger partial charge >= 0.3 is 0 Å². The lowest BCUT2D eigenvalue weighted by Gasteiger charge is -2.36. The molecule has 2 aromatic rings. The van der Waals surface area contributed by atoms with Gasteiger partial charge in [-0.25, -0.2) is 15.0 Å². The number of aromatic nitrogens is 3. The molecule has 7 heteroatoms. The monoisotopic (exact) mass is 345 g/mol. The van der Waals surface area contributed by atoms with Gasteiger partial charge in [-0.05, 0) is 26.2 Å². The fraction of sp³-hybridized carbons (Fsp3) is 0.588. The van der Waals surface area contributed by atoms with Gasteiger partial charge in [-0.1, -0.05) is 0 Å².